The molecule has 7 heteroatoms. The Balaban J connectivity index is 1.86. The van der Waals surface area contributed by atoms with Crippen molar-refractivity contribution in [3.05, 3.63) is 0 Å². The number of hydrogen-bond acceptors (Lipinski definition) is 4. The van der Waals surface area contributed by atoms with E-state index in [1.165, 1.54) is 4.90 Å². The molecule has 0 aromatic heterocycles. The van der Waals surface area contributed by atoms with Crippen LogP contribution in [0.4, 0.5) is 4.79 Å². The molecular formula is C12H20N2O5. The van der Waals surface area contributed by atoms with E-state index in [1.54, 1.807) is 0 Å². The highest BCUT2D eigenvalue weighted by Crippen LogP contribution is 2.21. The van der Waals surface area contributed by atoms with Gasteiger partial charge in [0.15, 0.2) is 0 Å². The van der Waals surface area contributed by atoms with Crippen LogP contribution in [0.25, 0.3) is 0 Å². The van der Waals surface area contributed by atoms with Crippen LogP contribution in [-0.4, -0.2) is 65.1 Å². The number of carbonyl (C=O) groups is 2. The molecule has 19 heavy (non-hydrogen) atoms. The van der Waals surface area contributed by atoms with Gasteiger partial charge in [0.1, 0.15) is 6.04 Å². The predicted octanol–water partition coefficient (Wildman–Crippen LogP) is -0.359. The number of β-amino-alcohol motifs (C(OH)–C–C–N with tert-alkyl or cyclic N) is 1. The number of ether oxygens (including phenoxy) is 1. The average Bonchev–Trinajstić information content (AvgIpc) is 2.92. The van der Waals surface area contributed by atoms with Crippen molar-refractivity contribution in [3.8, 4) is 0 Å². The number of carboxylic acids is 1. The first-order valence-corrected chi connectivity index (χ1v) is 6.56. The van der Waals surface area contributed by atoms with Gasteiger partial charge in [-0.05, 0) is 13.3 Å². The van der Waals surface area contributed by atoms with E-state index in [0.717, 1.165) is 6.42 Å². The molecule has 0 saturated carbocycles. The first-order chi connectivity index (χ1) is 8.99. The second kappa shape index (κ2) is 5.75. The van der Waals surface area contributed by atoms with E-state index >= 15 is 0 Å². The Morgan fingerprint density at radius 1 is 1.47 bits per heavy atom. The van der Waals surface area contributed by atoms with Gasteiger partial charge in [0.2, 0.25) is 0 Å². The van der Waals surface area contributed by atoms with Gasteiger partial charge in [-0.2, -0.15) is 0 Å². The number of rotatable bonds is 3. The van der Waals surface area contributed by atoms with Crippen LogP contribution in [-0.2, 0) is 9.53 Å². The summed E-state index contributed by atoms with van der Waals surface area (Å²) >= 11 is 0. The lowest BCUT2D eigenvalue weighted by Gasteiger charge is -2.23. The van der Waals surface area contributed by atoms with Gasteiger partial charge in [0.05, 0.1) is 12.2 Å². The number of carbonyl (C=O) groups excluding carboxylic acids is 1. The summed E-state index contributed by atoms with van der Waals surface area (Å²) in [4.78, 5) is 24.2. The summed E-state index contributed by atoms with van der Waals surface area (Å²) in [6, 6.07) is -1.37. The van der Waals surface area contributed by atoms with Gasteiger partial charge in [-0.25, -0.2) is 9.59 Å². The number of aliphatic hydroxyl groups is 1. The molecule has 0 radical (unpaired) electrons. The molecule has 0 aliphatic carbocycles. The van der Waals surface area contributed by atoms with Crippen LogP contribution < -0.4 is 5.32 Å². The van der Waals surface area contributed by atoms with E-state index in [1.807, 2.05) is 6.92 Å². The molecule has 2 saturated heterocycles. The molecule has 108 valence electrons. The Morgan fingerprint density at radius 3 is 2.79 bits per heavy atom. The number of amides is 2. The van der Waals surface area contributed by atoms with Crippen molar-refractivity contribution in [2.24, 2.45) is 5.92 Å². The number of likely N-dealkylation sites (tertiary alicyclic amines) is 1. The van der Waals surface area contributed by atoms with Crippen molar-refractivity contribution in [2.75, 3.05) is 19.7 Å². The van der Waals surface area contributed by atoms with Crippen molar-refractivity contribution < 1.29 is 24.5 Å². The topological polar surface area (TPSA) is 99.1 Å². The van der Waals surface area contributed by atoms with Crippen LogP contribution in [0, 0.1) is 5.92 Å². The summed E-state index contributed by atoms with van der Waals surface area (Å²) in [6.45, 7) is 3.20. The van der Waals surface area contributed by atoms with E-state index in [-0.39, 0.29) is 25.0 Å². The number of nitrogens with zero attached hydrogens (tertiary/aromatic N) is 1. The molecule has 0 aromatic carbocycles. The number of aliphatic carboxylic acids is 1. The molecule has 3 N–H and O–H groups in total. The van der Waals surface area contributed by atoms with Crippen molar-refractivity contribution in [3.63, 3.8) is 0 Å². The highest BCUT2D eigenvalue weighted by molar-refractivity contribution is 5.83. The van der Waals surface area contributed by atoms with Gasteiger partial charge >= 0.3 is 12.0 Å². The van der Waals surface area contributed by atoms with Gasteiger partial charge in [0, 0.05) is 32.0 Å². The zero-order chi connectivity index (χ0) is 14.0. The molecule has 0 spiro atoms. The largest absolute Gasteiger partial charge is 0.480 e. The highest BCUT2D eigenvalue weighted by Gasteiger charge is 2.39. The van der Waals surface area contributed by atoms with Gasteiger partial charge in [0.25, 0.3) is 0 Å². The Kier molecular flexibility index (Phi) is 4.26. The summed E-state index contributed by atoms with van der Waals surface area (Å²) < 4.78 is 5.40. The number of aliphatic hydroxyl groups excluding tert-OH is 1. The van der Waals surface area contributed by atoms with Crippen LogP contribution in [0.5, 0.6) is 0 Å². The maximum absolute atomic E-state index is 12.0. The van der Waals surface area contributed by atoms with Crippen molar-refractivity contribution >= 4 is 12.0 Å². The Bertz CT molecular complexity index is 362. The Morgan fingerprint density at radius 2 is 2.21 bits per heavy atom. The second-order valence-electron chi connectivity index (χ2n) is 5.21. The number of carboxylic acid groups (broad SMARTS) is 1. The van der Waals surface area contributed by atoms with Gasteiger partial charge in [-0.15, -0.1) is 0 Å². The maximum atomic E-state index is 12.0. The summed E-state index contributed by atoms with van der Waals surface area (Å²) in [5.74, 6) is -0.816. The van der Waals surface area contributed by atoms with Crippen LogP contribution in [0.3, 0.4) is 0 Å². The first kappa shape index (κ1) is 14.1. The lowest BCUT2D eigenvalue weighted by atomic mass is 10.0. The minimum atomic E-state index is -1.08. The lowest BCUT2D eigenvalue weighted by molar-refractivity contribution is -0.141. The zero-order valence-corrected chi connectivity index (χ0v) is 10.9. The van der Waals surface area contributed by atoms with E-state index in [0.29, 0.717) is 13.2 Å². The Labute approximate surface area is 111 Å². The first-order valence-electron chi connectivity index (χ1n) is 6.56. The molecule has 2 aliphatic heterocycles. The molecular weight excluding hydrogens is 252 g/mol. The van der Waals surface area contributed by atoms with Crippen molar-refractivity contribution in [1.82, 2.24) is 10.2 Å². The minimum absolute atomic E-state index is 0.0690. The molecule has 4 unspecified atom stereocenters. The Hall–Kier alpha value is -1.34. The molecule has 2 aliphatic rings. The summed E-state index contributed by atoms with van der Waals surface area (Å²) in [6.07, 6.45) is 0.332. The van der Waals surface area contributed by atoms with Gasteiger partial charge in [-0.3, -0.25) is 0 Å². The van der Waals surface area contributed by atoms with Crippen LogP contribution in [0.15, 0.2) is 0 Å². The van der Waals surface area contributed by atoms with E-state index in [2.05, 4.69) is 5.32 Å². The lowest BCUT2D eigenvalue weighted by Crippen LogP contribution is -2.47. The number of nitrogens with one attached hydrogen (secondary N) is 1. The number of hydrogen-bond donors (Lipinski definition) is 3. The summed E-state index contributed by atoms with van der Waals surface area (Å²) in [7, 11) is 0. The van der Waals surface area contributed by atoms with Gasteiger partial charge < -0.3 is 25.2 Å². The molecule has 7 nitrogen and oxygen atoms in total. The van der Waals surface area contributed by atoms with E-state index < -0.39 is 24.1 Å². The van der Waals surface area contributed by atoms with Crippen LogP contribution >= 0.6 is 0 Å². The zero-order valence-electron chi connectivity index (χ0n) is 10.9. The fraction of sp³-hybridized carbons (Fsp3) is 0.833. The van der Waals surface area contributed by atoms with Crippen molar-refractivity contribution in [2.45, 2.75) is 38.0 Å². The maximum Gasteiger partial charge on any atom is 0.326 e. The molecule has 0 bridgehead atoms. The molecule has 4 atom stereocenters. The third kappa shape index (κ3) is 3.16. The standard InChI is InChI=1S/C12H20N2O5/c1-7-8(2-3-19-7)5-13-12(18)14-6-9(15)4-10(14)11(16)17/h7-10,15H,2-6H2,1H3,(H,13,18)(H,16,17). The second-order valence-corrected chi connectivity index (χ2v) is 5.21. The fourth-order valence-electron chi connectivity index (χ4n) is 2.64. The van der Waals surface area contributed by atoms with Gasteiger partial charge in [-0.1, -0.05) is 0 Å². The fourth-order valence-corrected chi connectivity index (χ4v) is 2.64. The van der Waals surface area contributed by atoms with Crippen LogP contribution in [0.1, 0.15) is 19.8 Å². The highest BCUT2D eigenvalue weighted by atomic mass is 16.5. The number of urea groups is 1. The van der Waals surface area contributed by atoms with Crippen molar-refractivity contribution in [1.29, 1.82) is 0 Å². The van der Waals surface area contributed by atoms with E-state index in [4.69, 9.17) is 9.84 Å². The third-order valence-corrected chi connectivity index (χ3v) is 3.87. The summed E-state index contributed by atoms with van der Waals surface area (Å²) in [5, 5.41) is 21.2. The van der Waals surface area contributed by atoms with Crippen LogP contribution in [0.2, 0.25) is 0 Å². The molecule has 2 rings (SSSR count). The normalized spacial score (nSPS) is 34.5. The van der Waals surface area contributed by atoms with E-state index in [9.17, 15) is 14.7 Å². The molecule has 2 heterocycles. The minimum Gasteiger partial charge on any atom is -0.480 e. The predicted molar refractivity (Wildman–Crippen MR) is 65.7 cm³/mol. The summed E-state index contributed by atoms with van der Waals surface area (Å²) in [5.41, 5.74) is 0. The molecule has 0 aromatic rings. The monoisotopic (exact) mass is 272 g/mol. The quantitative estimate of drug-likeness (QED) is 0.651. The smallest absolute Gasteiger partial charge is 0.326 e. The molecule has 2 amide bonds. The SMILES string of the molecule is CC1OCCC1CNC(=O)N1CC(O)CC1C(=O)O. The third-order valence-electron chi connectivity index (χ3n) is 3.87. The molecule has 2 fully saturated rings. The average molecular weight is 272 g/mol.